The maximum absolute atomic E-state index is 13.9. The summed E-state index contributed by atoms with van der Waals surface area (Å²) in [5.41, 5.74) is 2.88. The molecule has 4 aromatic carbocycles. The van der Waals surface area contributed by atoms with Gasteiger partial charge in [0.1, 0.15) is 24.0 Å². The second kappa shape index (κ2) is 15.4. The average molecular weight is 833 g/mol. The lowest BCUT2D eigenvalue weighted by molar-refractivity contribution is -0.384. The lowest BCUT2D eigenvalue weighted by Crippen LogP contribution is -2.45. The maximum atomic E-state index is 13.9. The number of benzene rings is 4. The van der Waals surface area contributed by atoms with Crippen molar-refractivity contribution in [1.82, 2.24) is 14.9 Å². The molecule has 0 fully saturated rings. The third kappa shape index (κ3) is 8.42. The molecule has 0 aliphatic carbocycles. The lowest BCUT2D eigenvalue weighted by atomic mass is 10.1. The molecule has 0 saturated heterocycles. The molecule has 2 heterocycles. The van der Waals surface area contributed by atoms with Crippen molar-refractivity contribution in [2.45, 2.75) is 30.5 Å². The minimum absolute atomic E-state index is 0.167. The Morgan fingerprint density at radius 3 is 2.08 bits per heavy atom. The predicted molar refractivity (Wildman–Crippen MR) is 198 cm³/mol. The van der Waals surface area contributed by atoms with Crippen LogP contribution in [0.5, 0.6) is 5.75 Å². The number of pyridine rings is 1. The number of nitro benzene ring substituents is 1. The van der Waals surface area contributed by atoms with Crippen molar-refractivity contribution < 1.29 is 27.7 Å². The number of non-ortho nitro benzene ring substituents is 1. The zero-order valence-electron chi connectivity index (χ0n) is 26.6. The zero-order chi connectivity index (χ0) is 36.1. The fraction of sp³-hybridized carbons (Fsp3) is 0.108. The zero-order valence-corrected chi connectivity index (χ0v) is 30.6. The van der Waals surface area contributed by atoms with E-state index < -0.39 is 36.7 Å². The molecular formula is C37H28Br2N4O7S. The van der Waals surface area contributed by atoms with Gasteiger partial charge < -0.3 is 14.6 Å². The average Bonchev–Trinajstić information content (AvgIpc) is 3.50. The molecule has 258 valence electrons. The molecule has 0 unspecified atom stereocenters. The van der Waals surface area contributed by atoms with E-state index in [4.69, 9.17) is 4.74 Å². The first-order chi connectivity index (χ1) is 24.5. The summed E-state index contributed by atoms with van der Waals surface area (Å²) in [6.07, 6.45) is 3.07. The number of halogens is 2. The normalized spacial score (nSPS) is 12.0. The Morgan fingerprint density at radius 2 is 1.45 bits per heavy atom. The highest BCUT2D eigenvalue weighted by atomic mass is 79.9. The number of ether oxygens (including phenoxy) is 1. The molecule has 0 radical (unpaired) electrons. The largest absolute Gasteiger partial charge is 0.489 e. The van der Waals surface area contributed by atoms with Gasteiger partial charge in [0.05, 0.1) is 15.4 Å². The summed E-state index contributed by atoms with van der Waals surface area (Å²) in [6, 6.07) is 28.1. The fourth-order valence-corrected chi connectivity index (χ4v) is 7.17. The molecule has 1 atom stereocenters. The minimum Gasteiger partial charge on any atom is -0.489 e. The summed E-state index contributed by atoms with van der Waals surface area (Å²) < 4.78 is 36.7. The van der Waals surface area contributed by atoms with Gasteiger partial charge in [-0.25, -0.2) is 13.4 Å². The molecule has 51 heavy (non-hydrogen) atoms. The number of carbonyl (C=O) groups is 2. The first kappa shape index (κ1) is 35.6. The van der Waals surface area contributed by atoms with Gasteiger partial charge in [-0.05, 0) is 77.4 Å². The molecule has 11 nitrogen and oxygen atoms in total. The summed E-state index contributed by atoms with van der Waals surface area (Å²) in [4.78, 5) is 42.3. The van der Waals surface area contributed by atoms with Gasteiger partial charge in [0.2, 0.25) is 9.84 Å². The van der Waals surface area contributed by atoms with Crippen LogP contribution in [0.3, 0.4) is 0 Å². The molecule has 1 amide bonds. The van der Waals surface area contributed by atoms with Gasteiger partial charge in [0.15, 0.2) is 0 Å². The number of hydrogen-bond acceptors (Lipinski definition) is 8. The smallest absolute Gasteiger partial charge is 0.273 e. The van der Waals surface area contributed by atoms with Gasteiger partial charge >= 0.3 is 0 Å². The van der Waals surface area contributed by atoms with Crippen LogP contribution in [0.25, 0.3) is 11.0 Å². The van der Waals surface area contributed by atoms with E-state index in [1.54, 1.807) is 48.8 Å². The van der Waals surface area contributed by atoms with Crippen LogP contribution in [0.4, 0.5) is 5.69 Å². The monoisotopic (exact) mass is 830 g/mol. The predicted octanol–water partition coefficient (Wildman–Crippen LogP) is 7.44. The summed E-state index contributed by atoms with van der Waals surface area (Å²) in [7, 11) is -4.69. The molecule has 0 aliphatic heterocycles. The van der Waals surface area contributed by atoms with Gasteiger partial charge in [0, 0.05) is 51.8 Å². The van der Waals surface area contributed by atoms with Crippen LogP contribution in [0.15, 0.2) is 135 Å². The number of rotatable bonds is 12. The number of carbonyl (C=O) groups excluding carboxylic acids is 2. The van der Waals surface area contributed by atoms with E-state index in [0.29, 0.717) is 35.5 Å². The van der Waals surface area contributed by atoms with E-state index in [-0.39, 0.29) is 17.7 Å². The van der Waals surface area contributed by atoms with Crippen LogP contribution in [0.1, 0.15) is 27.0 Å². The summed E-state index contributed by atoms with van der Waals surface area (Å²) in [6.45, 7) is 0.725. The Labute approximate surface area is 309 Å². The quantitative estimate of drug-likeness (QED) is 0.0988. The molecule has 1 N–H and O–H groups in total. The minimum atomic E-state index is -4.69. The molecule has 14 heteroatoms. The van der Waals surface area contributed by atoms with E-state index >= 15 is 0 Å². The number of nitrogens with one attached hydrogen (secondary N) is 1. The number of nitrogens with zero attached hydrogens (tertiary/aromatic N) is 3. The number of amides is 1. The van der Waals surface area contributed by atoms with Crippen molar-refractivity contribution in [3.8, 4) is 5.75 Å². The van der Waals surface area contributed by atoms with Crippen molar-refractivity contribution in [2.24, 2.45) is 0 Å². The standard InChI is InChI=1S/C37H28Br2N4O7S/c38-27-9-3-25(4-10-27)21-42-22-33(32-2-1-19-40-35(32)42)36(44)41-34(37(45)51(48,49)31-17-13-29(14-18-31)43(46)47)20-24-7-15-30(16-8-24)50-23-26-5-11-28(39)12-6-26/h1-19,22,34H,20-21,23H2,(H,41,44)/t34-/m0/s1. The van der Waals surface area contributed by atoms with Crippen molar-refractivity contribution in [2.75, 3.05) is 0 Å². The highest BCUT2D eigenvalue weighted by Crippen LogP contribution is 2.24. The SMILES string of the molecule is O=C(N[C@@H](Cc1ccc(OCc2ccc(Br)cc2)cc1)C(=O)S(=O)(=O)c1ccc([N+](=O)[O-])cc1)c1cn(Cc2ccc(Br)cc2)c2ncccc12. The van der Waals surface area contributed by atoms with E-state index in [9.17, 15) is 28.1 Å². The van der Waals surface area contributed by atoms with Gasteiger partial charge in [-0.2, -0.15) is 0 Å². The Hall–Kier alpha value is -5.18. The number of hydrogen-bond donors (Lipinski definition) is 1. The number of nitro groups is 1. The first-order valence-electron chi connectivity index (χ1n) is 15.5. The number of sulfone groups is 1. The highest BCUT2D eigenvalue weighted by molar-refractivity contribution is 9.10. The van der Waals surface area contributed by atoms with Crippen LogP contribution in [0.2, 0.25) is 0 Å². The van der Waals surface area contributed by atoms with E-state index in [2.05, 4.69) is 42.2 Å². The van der Waals surface area contributed by atoms with Crippen LogP contribution < -0.4 is 10.1 Å². The molecule has 0 spiro atoms. The van der Waals surface area contributed by atoms with Gasteiger partial charge in [-0.3, -0.25) is 19.7 Å². The van der Waals surface area contributed by atoms with Crippen LogP contribution in [-0.2, 0) is 34.2 Å². The highest BCUT2D eigenvalue weighted by Gasteiger charge is 2.35. The number of aromatic nitrogens is 2. The van der Waals surface area contributed by atoms with Gasteiger partial charge in [-0.1, -0.05) is 68.3 Å². The van der Waals surface area contributed by atoms with Crippen LogP contribution >= 0.6 is 31.9 Å². The van der Waals surface area contributed by atoms with Gasteiger partial charge in [0.25, 0.3) is 16.7 Å². The third-order valence-corrected chi connectivity index (χ3v) is 10.8. The van der Waals surface area contributed by atoms with Crippen molar-refractivity contribution in [3.63, 3.8) is 0 Å². The van der Waals surface area contributed by atoms with Crippen LogP contribution in [0, 0.1) is 10.1 Å². The van der Waals surface area contributed by atoms with E-state index in [1.165, 1.54) is 0 Å². The molecular weight excluding hydrogens is 804 g/mol. The molecule has 6 aromatic rings. The lowest BCUT2D eigenvalue weighted by Gasteiger charge is -2.18. The van der Waals surface area contributed by atoms with Gasteiger partial charge in [-0.15, -0.1) is 0 Å². The van der Waals surface area contributed by atoms with Crippen molar-refractivity contribution in [3.05, 3.63) is 163 Å². The Morgan fingerprint density at radius 1 is 0.843 bits per heavy atom. The van der Waals surface area contributed by atoms with E-state index in [0.717, 1.165) is 44.3 Å². The summed E-state index contributed by atoms with van der Waals surface area (Å²) in [5, 5.41) is 13.1. The molecule has 6 rings (SSSR count). The Kier molecular flexibility index (Phi) is 10.7. The Balaban J connectivity index is 1.28. The van der Waals surface area contributed by atoms with Crippen LogP contribution in [-0.4, -0.2) is 40.0 Å². The fourth-order valence-electron chi connectivity index (χ4n) is 5.40. The molecule has 0 aliphatic rings. The topological polar surface area (TPSA) is 150 Å². The maximum Gasteiger partial charge on any atom is 0.273 e. The second-order valence-corrected chi connectivity index (χ2v) is 15.2. The summed E-state index contributed by atoms with van der Waals surface area (Å²) >= 11 is 6.84. The van der Waals surface area contributed by atoms with Crippen molar-refractivity contribution >= 4 is 69.4 Å². The number of fused-ring (bicyclic) bond motifs is 1. The van der Waals surface area contributed by atoms with E-state index in [1.807, 2.05) is 53.1 Å². The Bertz CT molecular complexity index is 2330. The summed E-state index contributed by atoms with van der Waals surface area (Å²) in [5.74, 6) is -0.118. The second-order valence-electron chi connectivity index (χ2n) is 11.5. The molecule has 0 saturated carbocycles. The first-order valence-corrected chi connectivity index (χ1v) is 18.5. The van der Waals surface area contributed by atoms with Crippen molar-refractivity contribution in [1.29, 1.82) is 0 Å². The molecule has 2 aromatic heterocycles. The third-order valence-electron chi connectivity index (χ3n) is 8.04. The molecule has 0 bridgehead atoms.